The summed E-state index contributed by atoms with van der Waals surface area (Å²) in [6.07, 6.45) is 2.33. The summed E-state index contributed by atoms with van der Waals surface area (Å²) in [5.74, 6) is 1.05. The van der Waals surface area contributed by atoms with Crippen LogP contribution >= 0.6 is 15.9 Å². The maximum absolute atomic E-state index is 12.1. The highest BCUT2D eigenvalue weighted by molar-refractivity contribution is 9.10. The van der Waals surface area contributed by atoms with E-state index in [1.165, 1.54) is 0 Å². The fourth-order valence-corrected chi connectivity index (χ4v) is 5.65. The molecule has 196 valence electrons. The Morgan fingerprint density at radius 1 is 1.11 bits per heavy atom. The number of β-amino-alcohol motifs (C(OH)–C–C–N with tert-alkyl or cyclic N) is 1. The molecule has 1 saturated heterocycles. The van der Waals surface area contributed by atoms with Crippen LogP contribution in [-0.2, 0) is 24.3 Å². The number of carbonyl (C=O) groups excluding carboxylic acids is 1. The number of aliphatic hydroxyl groups excluding tert-OH is 1. The third kappa shape index (κ3) is 6.08. The molecule has 1 N–H and O–H groups in total. The summed E-state index contributed by atoms with van der Waals surface area (Å²) in [6, 6.07) is 16.3. The van der Waals surface area contributed by atoms with Crippen LogP contribution in [0.2, 0.25) is 0 Å². The summed E-state index contributed by atoms with van der Waals surface area (Å²) in [7, 11) is 0. The molecule has 0 bridgehead atoms. The van der Waals surface area contributed by atoms with Crippen molar-refractivity contribution in [1.29, 1.82) is 0 Å². The zero-order valence-corrected chi connectivity index (χ0v) is 23.2. The van der Waals surface area contributed by atoms with Crippen LogP contribution < -0.4 is 4.74 Å². The predicted molar refractivity (Wildman–Crippen MR) is 147 cm³/mol. The van der Waals surface area contributed by atoms with Gasteiger partial charge in [0.05, 0.1) is 18.3 Å². The fourth-order valence-electron chi connectivity index (χ4n) is 5.38. The van der Waals surface area contributed by atoms with Crippen molar-refractivity contribution in [3.63, 3.8) is 0 Å². The first kappa shape index (κ1) is 25.9. The van der Waals surface area contributed by atoms with E-state index < -0.39 is 6.10 Å². The van der Waals surface area contributed by atoms with Crippen LogP contribution in [0.3, 0.4) is 0 Å². The van der Waals surface area contributed by atoms with Gasteiger partial charge in [-0.3, -0.25) is 9.48 Å². The van der Waals surface area contributed by atoms with Gasteiger partial charge in [-0.2, -0.15) is 5.10 Å². The van der Waals surface area contributed by atoms with Gasteiger partial charge in [-0.25, -0.2) is 0 Å². The predicted octanol–water partition coefficient (Wildman–Crippen LogP) is 4.43. The molecule has 2 aliphatic rings. The minimum atomic E-state index is -0.526. The van der Waals surface area contributed by atoms with Gasteiger partial charge in [0.1, 0.15) is 11.9 Å². The number of rotatable bonds is 7. The number of para-hydroxylation sites is 1. The van der Waals surface area contributed by atoms with Crippen LogP contribution in [0.15, 0.2) is 53.0 Å². The number of benzene rings is 2. The normalized spacial score (nSPS) is 17.5. The molecule has 3 aromatic rings. The Labute approximate surface area is 227 Å². The largest absolute Gasteiger partial charge is 0.490 e. The lowest BCUT2D eigenvalue weighted by Gasteiger charge is -2.33. The van der Waals surface area contributed by atoms with Gasteiger partial charge in [0, 0.05) is 67.4 Å². The molecule has 5 rings (SSSR count). The zero-order valence-electron chi connectivity index (χ0n) is 21.6. The molecule has 1 amide bonds. The van der Waals surface area contributed by atoms with Gasteiger partial charge in [0.25, 0.3) is 0 Å². The molecule has 0 aliphatic carbocycles. The van der Waals surface area contributed by atoms with E-state index in [-0.39, 0.29) is 12.0 Å². The van der Waals surface area contributed by atoms with Gasteiger partial charge < -0.3 is 19.6 Å². The molecule has 7 nitrogen and oxygen atoms in total. The molecule has 0 spiro atoms. The molecule has 2 aliphatic heterocycles. The third-order valence-corrected chi connectivity index (χ3v) is 8.00. The van der Waals surface area contributed by atoms with Crippen LogP contribution in [0, 0.1) is 6.92 Å². The standard InChI is InChI=1S/C29H35BrN4O3/c1-20-5-3-4-6-28(20)37-25-11-14-32(15-12-25)17-24(36)18-34-27-13-16-33(21(2)35)19-26(27)29(31-34)22-7-9-23(30)10-8-22/h3-10,24-25,36H,11-19H2,1-2H3. The Hall–Kier alpha value is -2.68. The SMILES string of the molecule is CC(=O)N1CCc2c(c(-c3ccc(Br)cc3)nn2CC(O)CN2CCC(Oc3ccccc3C)CC2)C1. The number of amides is 1. The van der Waals surface area contributed by atoms with E-state index in [4.69, 9.17) is 9.84 Å². The number of fused-ring (bicyclic) bond motifs is 1. The van der Waals surface area contributed by atoms with Crippen molar-refractivity contribution in [2.75, 3.05) is 26.2 Å². The van der Waals surface area contributed by atoms with Gasteiger partial charge in [0.2, 0.25) is 5.91 Å². The maximum Gasteiger partial charge on any atom is 0.219 e. The summed E-state index contributed by atoms with van der Waals surface area (Å²) in [6.45, 7) is 7.80. The number of piperidine rings is 1. The zero-order chi connectivity index (χ0) is 25.9. The van der Waals surface area contributed by atoms with Gasteiger partial charge >= 0.3 is 0 Å². The number of aliphatic hydroxyl groups is 1. The second-order valence-electron chi connectivity index (χ2n) is 10.2. The Morgan fingerprint density at radius 2 is 1.84 bits per heavy atom. The number of aryl methyl sites for hydroxylation is 1. The van der Waals surface area contributed by atoms with E-state index in [1.54, 1.807) is 6.92 Å². The molecule has 2 aromatic carbocycles. The van der Waals surface area contributed by atoms with Crippen molar-refractivity contribution in [2.24, 2.45) is 0 Å². The van der Waals surface area contributed by atoms with Crippen molar-refractivity contribution in [1.82, 2.24) is 19.6 Å². The number of carbonyl (C=O) groups is 1. The first-order valence-electron chi connectivity index (χ1n) is 13.1. The van der Waals surface area contributed by atoms with Gasteiger partial charge in [-0.05, 0) is 43.5 Å². The maximum atomic E-state index is 12.1. The van der Waals surface area contributed by atoms with E-state index in [2.05, 4.69) is 33.8 Å². The number of halogens is 1. The van der Waals surface area contributed by atoms with Gasteiger partial charge in [-0.15, -0.1) is 0 Å². The molecule has 1 aromatic heterocycles. The number of hydrogen-bond donors (Lipinski definition) is 1. The van der Waals surface area contributed by atoms with Crippen molar-refractivity contribution in [3.8, 4) is 17.0 Å². The number of ether oxygens (including phenoxy) is 1. The lowest BCUT2D eigenvalue weighted by molar-refractivity contribution is -0.129. The highest BCUT2D eigenvalue weighted by Gasteiger charge is 2.28. The molecular formula is C29H35BrN4O3. The quantitative estimate of drug-likeness (QED) is 0.458. The second kappa shape index (κ2) is 11.4. The average molecular weight is 568 g/mol. The smallest absolute Gasteiger partial charge is 0.219 e. The summed E-state index contributed by atoms with van der Waals surface area (Å²) in [4.78, 5) is 16.3. The highest BCUT2D eigenvalue weighted by Crippen LogP contribution is 2.31. The fraction of sp³-hybridized carbons (Fsp3) is 0.448. The summed E-state index contributed by atoms with van der Waals surface area (Å²) in [5, 5.41) is 16.0. The number of aromatic nitrogens is 2. The lowest BCUT2D eigenvalue weighted by atomic mass is 10.0. The first-order chi connectivity index (χ1) is 17.9. The molecule has 1 atom stereocenters. The number of likely N-dealkylation sites (tertiary alicyclic amines) is 1. The number of hydrogen-bond acceptors (Lipinski definition) is 5. The number of nitrogens with zero attached hydrogens (tertiary/aromatic N) is 4. The van der Waals surface area contributed by atoms with E-state index in [0.29, 0.717) is 26.2 Å². The van der Waals surface area contributed by atoms with Crippen LogP contribution in [0.25, 0.3) is 11.3 Å². The van der Waals surface area contributed by atoms with Crippen LogP contribution in [0.1, 0.15) is 36.6 Å². The molecule has 0 saturated carbocycles. The third-order valence-electron chi connectivity index (χ3n) is 7.47. The minimum Gasteiger partial charge on any atom is -0.490 e. The topological polar surface area (TPSA) is 70.8 Å². The average Bonchev–Trinajstić information content (AvgIpc) is 3.24. The van der Waals surface area contributed by atoms with Crippen LogP contribution in [-0.4, -0.2) is 69.0 Å². The Kier molecular flexibility index (Phi) is 7.98. The highest BCUT2D eigenvalue weighted by atomic mass is 79.9. The van der Waals surface area contributed by atoms with E-state index in [9.17, 15) is 9.90 Å². The van der Waals surface area contributed by atoms with Crippen molar-refractivity contribution in [3.05, 3.63) is 69.8 Å². The van der Waals surface area contributed by atoms with Crippen molar-refractivity contribution < 1.29 is 14.6 Å². The van der Waals surface area contributed by atoms with Gasteiger partial charge in [-0.1, -0.05) is 46.3 Å². The Balaban J connectivity index is 1.23. The van der Waals surface area contributed by atoms with Crippen LogP contribution in [0.4, 0.5) is 0 Å². The Bertz CT molecular complexity index is 1230. The Morgan fingerprint density at radius 3 is 2.54 bits per heavy atom. The van der Waals surface area contributed by atoms with Crippen LogP contribution in [0.5, 0.6) is 5.75 Å². The first-order valence-corrected chi connectivity index (χ1v) is 13.9. The summed E-state index contributed by atoms with van der Waals surface area (Å²) in [5.41, 5.74) is 5.30. The molecular weight excluding hydrogens is 532 g/mol. The van der Waals surface area contributed by atoms with Crippen molar-refractivity contribution >= 4 is 21.8 Å². The molecule has 37 heavy (non-hydrogen) atoms. The van der Waals surface area contributed by atoms with E-state index in [1.807, 2.05) is 52.0 Å². The van der Waals surface area contributed by atoms with Gasteiger partial charge in [0.15, 0.2) is 0 Å². The molecule has 3 heterocycles. The van der Waals surface area contributed by atoms with E-state index in [0.717, 1.165) is 70.7 Å². The second-order valence-corrected chi connectivity index (χ2v) is 11.1. The molecule has 1 fully saturated rings. The van der Waals surface area contributed by atoms with Crippen molar-refractivity contribution in [2.45, 2.75) is 58.4 Å². The lowest BCUT2D eigenvalue weighted by Crippen LogP contribution is -2.43. The summed E-state index contributed by atoms with van der Waals surface area (Å²) >= 11 is 3.51. The summed E-state index contributed by atoms with van der Waals surface area (Å²) < 4.78 is 9.23. The molecule has 8 heteroatoms. The van der Waals surface area contributed by atoms with E-state index >= 15 is 0 Å². The molecule has 0 radical (unpaired) electrons. The molecule has 1 unspecified atom stereocenters. The monoisotopic (exact) mass is 566 g/mol. The minimum absolute atomic E-state index is 0.0787.